The number of methoxy groups -OCH3 is 2. The van der Waals surface area contributed by atoms with Crippen LogP contribution in [0.5, 0.6) is 17.2 Å². The number of hydrogen-bond acceptors (Lipinski definition) is 7. The van der Waals surface area contributed by atoms with Crippen LogP contribution in [0.3, 0.4) is 0 Å². The average Bonchev–Trinajstić information content (AvgIpc) is 3.20. The lowest BCUT2D eigenvalue weighted by Crippen LogP contribution is -2.26. The van der Waals surface area contributed by atoms with Gasteiger partial charge in [0.1, 0.15) is 17.4 Å². The van der Waals surface area contributed by atoms with Crippen molar-refractivity contribution in [2.45, 2.75) is 19.6 Å². The van der Waals surface area contributed by atoms with Crippen LogP contribution in [0.15, 0.2) is 47.8 Å². The Morgan fingerprint density at radius 3 is 2.69 bits per heavy atom. The lowest BCUT2D eigenvalue weighted by molar-refractivity contribution is -0.152. The molecule has 3 aromatic rings. The molecule has 8 heteroatoms. The number of thiazole rings is 1. The Hall–Kier alpha value is -2.77. The number of rotatable bonds is 8. The number of aromatic nitrogens is 1. The number of esters is 1. The van der Waals surface area contributed by atoms with Gasteiger partial charge in [0.2, 0.25) is 0 Å². The standard InChI is InChI=1S/C21H20ClNO5S/c1-13(28-16-7-4-6-14(22)10-16)21(24)27-11-15-12-29-20(23-15)17-8-5-9-18(25-2)19(17)26-3/h4-10,12-13H,11H2,1-3H3. The molecule has 1 atom stereocenters. The average molecular weight is 434 g/mol. The number of carbonyl (C=O) groups is 1. The summed E-state index contributed by atoms with van der Waals surface area (Å²) in [5.41, 5.74) is 1.45. The topological polar surface area (TPSA) is 66.9 Å². The maximum atomic E-state index is 12.2. The van der Waals surface area contributed by atoms with E-state index in [-0.39, 0.29) is 6.61 Å². The molecule has 0 bridgehead atoms. The van der Waals surface area contributed by atoms with Gasteiger partial charge in [-0.25, -0.2) is 9.78 Å². The molecule has 0 aliphatic rings. The van der Waals surface area contributed by atoms with Gasteiger partial charge in [0.15, 0.2) is 17.6 Å². The van der Waals surface area contributed by atoms with E-state index in [1.165, 1.54) is 11.3 Å². The number of para-hydroxylation sites is 1. The predicted molar refractivity (Wildman–Crippen MR) is 112 cm³/mol. The zero-order chi connectivity index (χ0) is 20.8. The van der Waals surface area contributed by atoms with E-state index < -0.39 is 12.1 Å². The molecule has 152 valence electrons. The molecule has 0 fully saturated rings. The predicted octanol–water partition coefficient (Wildman–Crippen LogP) is 4.99. The first-order valence-corrected chi connectivity index (χ1v) is 10.0. The zero-order valence-electron chi connectivity index (χ0n) is 16.2. The third-order valence-electron chi connectivity index (χ3n) is 3.99. The van der Waals surface area contributed by atoms with Crippen molar-refractivity contribution in [2.75, 3.05) is 14.2 Å². The molecular weight excluding hydrogens is 414 g/mol. The van der Waals surface area contributed by atoms with Crippen LogP contribution in [-0.2, 0) is 16.1 Å². The van der Waals surface area contributed by atoms with Crippen molar-refractivity contribution in [3.8, 4) is 27.8 Å². The van der Waals surface area contributed by atoms with Gasteiger partial charge in [-0.3, -0.25) is 0 Å². The van der Waals surface area contributed by atoms with Crippen molar-refractivity contribution in [1.82, 2.24) is 4.98 Å². The Kier molecular flexibility index (Phi) is 6.95. The fourth-order valence-electron chi connectivity index (χ4n) is 2.61. The molecule has 6 nitrogen and oxygen atoms in total. The van der Waals surface area contributed by atoms with Gasteiger partial charge in [-0.2, -0.15) is 0 Å². The molecule has 0 radical (unpaired) electrons. The van der Waals surface area contributed by atoms with Gasteiger partial charge < -0.3 is 18.9 Å². The molecule has 1 unspecified atom stereocenters. The van der Waals surface area contributed by atoms with Gasteiger partial charge in [0, 0.05) is 10.4 Å². The largest absolute Gasteiger partial charge is 0.493 e. The third kappa shape index (κ3) is 5.19. The van der Waals surface area contributed by atoms with E-state index in [4.69, 9.17) is 30.5 Å². The van der Waals surface area contributed by atoms with Crippen LogP contribution in [0.1, 0.15) is 12.6 Å². The number of carbonyl (C=O) groups excluding carboxylic acids is 1. The first-order valence-electron chi connectivity index (χ1n) is 8.76. The molecule has 0 N–H and O–H groups in total. The highest BCUT2D eigenvalue weighted by Crippen LogP contribution is 2.39. The molecule has 0 spiro atoms. The molecule has 1 aromatic heterocycles. The molecule has 0 saturated carbocycles. The Bertz CT molecular complexity index is 991. The highest BCUT2D eigenvalue weighted by molar-refractivity contribution is 7.13. The van der Waals surface area contributed by atoms with Crippen molar-refractivity contribution in [3.63, 3.8) is 0 Å². The summed E-state index contributed by atoms with van der Waals surface area (Å²) in [4.78, 5) is 16.8. The van der Waals surface area contributed by atoms with Crippen molar-refractivity contribution in [2.24, 2.45) is 0 Å². The fourth-order valence-corrected chi connectivity index (χ4v) is 3.61. The number of ether oxygens (including phenoxy) is 4. The second kappa shape index (κ2) is 9.62. The molecule has 1 heterocycles. The number of benzene rings is 2. The Morgan fingerprint density at radius 1 is 1.17 bits per heavy atom. The summed E-state index contributed by atoms with van der Waals surface area (Å²) in [6.45, 7) is 1.67. The third-order valence-corrected chi connectivity index (χ3v) is 5.15. The van der Waals surface area contributed by atoms with Crippen LogP contribution < -0.4 is 14.2 Å². The van der Waals surface area contributed by atoms with E-state index in [1.807, 2.05) is 23.6 Å². The normalized spacial score (nSPS) is 11.6. The lowest BCUT2D eigenvalue weighted by atomic mass is 10.2. The zero-order valence-corrected chi connectivity index (χ0v) is 17.8. The second-order valence-corrected chi connectivity index (χ2v) is 7.30. The van der Waals surface area contributed by atoms with Gasteiger partial charge in [0.05, 0.1) is 25.5 Å². The van der Waals surface area contributed by atoms with E-state index in [0.717, 1.165) is 10.6 Å². The van der Waals surface area contributed by atoms with E-state index in [9.17, 15) is 4.79 Å². The first kappa shape index (κ1) is 21.0. The SMILES string of the molecule is COc1cccc(-c2nc(COC(=O)C(C)Oc3cccc(Cl)c3)cs2)c1OC. The van der Waals surface area contributed by atoms with Crippen LogP contribution >= 0.6 is 22.9 Å². The van der Waals surface area contributed by atoms with Crippen LogP contribution in [-0.4, -0.2) is 31.3 Å². The van der Waals surface area contributed by atoms with Crippen LogP contribution in [0.25, 0.3) is 10.6 Å². The van der Waals surface area contributed by atoms with Crippen LogP contribution in [0.4, 0.5) is 0 Å². The Morgan fingerprint density at radius 2 is 1.97 bits per heavy atom. The number of halogens is 1. The summed E-state index contributed by atoms with van der Waals surface area (Å²) in [6, 6.07) is 12.4. The van der Waals surface area contributed by atoms with Gasteiger partial charge >= 0.3 is 5.97 Å². The Balaban J connectivity index is 1.63. The first-order chi connectivity index (χ1) is 14.0. The quantitative estimate of drug-likeness (QED) is 0.466. The second-order valence-electron chi connectivity index (χ2n) is 6.01. The molecule has 2 aromatic carbocycles. The smallest absolute Gasteiger partial charge is 0.347 e. The van der Waals surface area contributed by atoms with E-state index in [2.05, 4.69) is 4.98 Å². The van der Waals surface area contributed by atoms with Gasteiger partial charge in [-0.15, -0.1) is 11.3 Å². The van der Waals surface area contributed by atoms with Crippen LogP contribution in [0.2, 0.25) is 5.02 Å². The molecule has 0 saturated heterocycles. The number of nitrogens with zero attached hydrogens (tertiary/aromatic N) is 1. The van der Waals surface area contributed by atoms with E-state index in [1.54, 1.807) is 45.4 Å². The van der Waals surface area contributed by atoms with E-state index >= 15 is 0 Å². The molecule has 0 aliphatic heterocycles. The fraction of sp³-hybridized carbons (Fsp3) is 0.238. The minimum Gasteiger partial charge on any atom is -0.493 e. The summed E-state index contributed by atoms with van der Waals surface area (Å²) < 4.78 is 21.7. The van der Waals surface area contributed by atoms with Crippen LogP contribution in [0, 0.1) is 0 Å². The summed E-state index contributed by atoms with van der Waals surface area (Å²) in [7, 11) is 3.17. The van der Waals surface area contributed by atoms with E-state index in [0.29, 0.717) is 28.0 Å². The lowest BCUT2D eigenvalue weighted by Gasteiger charge is -2.13. The van der Waals surface area contributed by atoms with Crippen molar-refractivity contribution < 1.29 is 23.7 Å². The van der Waals surface area contributed by atoms with Gasteiger partial charge in [-0.1, -0.05) is 23.7 Å². The maximum absolute atomic E-state index is 12.2. The van der Waals surface area contributed by atoms with Crippen molar-refractivity contribution >= 4 is 28.9 Å². The molecular formula is C21H20ClNO5S. The summed E-state index contributed by atoms with van der Waals surface area (Å²) in [5.74, 6) is 1.25. The van der Waals surface area contributed by atoms with Crippen molar-refractivity contribution in [1.29, 1.82) is 0 Å². The summed E-state index contributed by atoms with van der Waals surface area (Å²) in [5, 5.41) is 3.12. The minimum atomic E-state index is -0.773. The molecule has 29 heavy (non-hydrogen) atoms. The molecule has 0 aliphatic carbocycles. The highest BCUT2D eigenvalue weighted by atomic mass is 35.5. The van der Waals surface area contributed by atoms with Gasteiger partial charge in [-0.05, 0) is 37.3 Å². The van der Waals surface area contributed by atoms with Crippen molar-refractivity contribution in [3.05, 3.63) is 58.6 Å². The minimum absolute atomic E-state index is 0.0465. The maximum Gasteiger partial charge on any atom is 0.347 e. The number of hydrogen-bond donors (Lipinski definition) is 0. The summed E-state index contributed by atoms with van der Waals surface area (Å²) >= 11 is 7.35. The Labute approximate surface area is 178 Å². The molecule has 3 rings (SSSR count). The summed E-state index contributed by atoms with van der Waals surface area (Å²) in [6.07, 6.45) is -0.773. The molecule has 0 amide bonds. The highest BCUT2D eigenvalue weighted by Gasteiger charge is 2.18. The van der Waals surface area contributed by atoms with Gasteiger partial charge in [0.25, 0.3) is 0 Å². The monoisotopic (exact) mass is 433 g/mol.